The third-order valence-corrected chi connectivity index (χ3v) is 4.82. The van der Waals surface area contributed by atoms with Crippen LogP contribution in [-0.4, -0.2) is 47.5 Å². The van der Waals surface area contributed by atoms with Gasteiger partial charge in [-0.3, -0.25) is 0 Å². The van der Waals surface area contributed by atoms with Crippen molar-refractivity contribution in [3.8, 4) is 17.0 Å². The van der Waals surface area contributed by atoms with Gasteiger partial charge >= 0.3 is 0 Å². The molecule has 26 heavy (non-hydrogen) atoms. The van der Waals surface area contributed by atoms with Gasteiger partial charge in [-0.25, -0.2) is 0 Å². The minimum atomic E-state index is -0.644. The Balaban J connectivity index is 2.37. The van der Waals surface area contributed by atoms with Crippen molar-refractivity contribution in [3.05, 3.63) is 35.2 Å². The molecule has 140 valence electrons. The summed E-state index contributed by atoms with van der Waals surface area (Å²) in [4.78, 5) is 1.98. The Bertz CT molecular complexity index is 924. The number of nitrogens with zero attached hydrogens (tertiary/aromatic N) is 3. The zero-order valence-corrected chi connectivity index (χ0v) is 16.3. The van der Waals surface area contributed by atoms with Gasteiger partial charge in [0.1, 0.15) is 11.5 Å². The molecule has 0 aliphatic rings. The smallest absolute Gasteiger partial charge is 0.143 e. The summed E-state index contributed by atoms with van der Waals surface area (Å²) in [7, 11) is 7.58. The lowest BCUT2D eigenvalue weighted by atomic mass is 9.98. The molecule has 6 nitrogen and oxygen atoms in total. The van der Waals surface area contributed by atoms with Gasteiger partial charge in [0.2, 0.25) is 0 Å². The van der Waals surface area contributed by atoms with Gasteiger partial charge in [0.25, 0.3) is 0 Å². The molecule has 0 amide bonds. The predicted molar refractivity (Wildman–Crippen MR) is 103 cm³/mol. The van der Waals surface area contributed by atoms with E-state index in [1.54, 1.807) is 7.11 Å². The van der Waals surface area contributed by atoms with E-state index in [1.165, 1.54) is 0 Å². The Hall–Kier alpha value is -2.31. The molecule has 0 bridgehead atoms. The van der Waals surface area contributed by atoms with Crippen molar-refractivity contribution in [2.45, 2.75) is 26.4 Å². The molecule has 0 spiro atoms. The van der Waals surface area contributed by atoms with Crippen molar-refractivity contribution in [2.24, 2.45) is 7.05 Å². The SMILES string of the molecule is CCc1noc(C)c1-c1c(C(O)CN(C)C)c2cc(OC)ccc2n1C. The van der Waals surface area contributed by atoms with E-state index >= 15 is 0 Å². The van der Waals surface area contributed by atoms with Crippen molar-refractivity contribution in [1.29, 1.82) is 0 Å². The monoisotopic (exact) mass is 357 g/mol. The van der Waals surface area contributed by atoms with E-state index < -0.39 is 6.10 Å². The van der Waals surface area contributed by atoms with Crippen molar-refractivity contribution in [3.63, 3.8) is 0 Å². The molecule has 0 aliphatic carbocycles. The maximum Gasteiger partial charge on any atom is 0.143 e. The standard InChI is InChI=1S/C20H27N3O3/c1-7-15-18(12(2)26-21-15)20-19(17(24)11-22(3)4)14-10-13(25-6)8-9-16(14)23(20)5/h8-10,17,24H,7,11H2,1-6H3. The Kier molecular flexibility index (Phi) is 5.07. The zero-order valence-electron chi connectivity index (χ0n) is 16.3. The maximum atomic E-state index is 11.1. The van der Waals surface area contributed by atoms with Crippen molar-refractivity contribution >= 4 is 10.9 Å². The Labute approximate surface area is 154 Å². The number of hydrogen-bond acceptors (Lipinski definition) is 5. The molecule has 0 saturated heterocycles. The molecule has 3 rings (SSSR count). The lowest BCUT2D eigenvalue weighted by Gasteiger charge is -2.18. The molecule has 0 aliphatic heterocycles. The van der Waals surface area contributed by atoms with Gasteiger partial charge in [0.05, 0.1) is 30.2 Å². The molecule has 1 atom stereocenters. The topological polar surface area (TPSA) is 63.7 Å². The van der Waals surface area contributed by atoms with Crippen LogP contribution < -0.4 is 4.74 Å². The van der Waals surface area contributed by atoms with E-state index in [2.05, 4.69) is 16.6 Å². The second kappa shape index (κ2) is 7.13. The molecular weight excluding hydrogens is 330 g/mol. The first-order chi connectivity index (χ1) is 12.4. The van der Waals surface area contributed by atoms with Gasteiger partial charge in [0.15, 0.2) is 0 Å². The summed E-state index contributed by atoms with van der Waals surface area (Å²) >= 11 is 0. The van der Waals surface area contributed by atoms with Gasteiger partial charge in [-0.15, -0.1) is 0 Å². The lowest BCUT2D eigenvalue weighted by Crippen LogP contribution is -2.20. The first-order valence-electron chi connectivity index (χ1n) is 8.83. The van der Waals surface area contributed by atoms with E-state index in [1.807, 2.05) is 51.2 Å². The number of likely N-dealkylation sites (N-methyl/N-ethyl adjacent to an activating group) is 1. The molecular formula is C20H27N3O3. The van der Waals surface area contributed by atoms with E-state index in [9.17, 15) is 5.11 Å². The average molecular weight is 357 g/mol. The normalized spacial score (nSPS) is 12.9. The van der Waals surface area contributed by atoms with Crippen LogP contribution in [0.2, 0.25) is 0 Å². The number of aromatic nitrogens is 2. The van der Waals surface area contributed by atoms with Crippen LogP contribution in [0, 0.1) is 6.92 Å². The molecule has 1 aromatic carbocycles. The van der Waals surface area contributed by atoms with Crippen LogP contribution in [0.4, 0.5) is 0 Å². The fourth-order valence-electron chi connectivity index (χ4n) is 3.62. The van der Waals surface area contributed by atoms with E-state index in [-0.39, 0.29) is 0 Å². The minimum absolute atomic E-state index is 0.523. The van der Waals surface area contributed by atoms with E-state index in [0.717, 1.165) is 51.3 Å². The molecule has 0 fully saturated rings. The third-order valence-electron chi connectivity index (χ3n) is 4.82. The minimum Gasteiger partial charge on any atom is -0.497 e. The fraction of sp³-hybridized carbons (Fsp3) is 0.450. The highest BCUT2D eigenvalue weighted by molar-refractivity contribution is 5.94. The van der Waals surface area contributed by atoms with Crippen LogP contribution in [0.1, 0.15) is 30.0 Å². The summed E-state index contributed by atoms with van der Waals surface area (Å²) in [5.74, 6) is 1.53. The largest absolute Gasteiger partial charge is 0.497 e. The highest BCUT2D eigenvalue weighted by Gasteiger charge is 2.27. The van der Waals surface area contributed by atoms with E-state index in [0.29, 0.717) is 6.54 Å². The molecule has 2 aromatic heterocycles. The number of methoxy groups -OCH3 is 1. The van der Waals surface area contributed by atoms with Crippen LogP contribution in [0.3, 0.4) is 0 Å². The fourth-order valence-corrected chi connectivity index (χ4v) is 3.62. The average Bonchev–Trinajstić information content (AvgIpc) is 3.10. The number of rotatable bonds is 6. The molecule has 6 heteroatoms. The number of aliphatic hydroxyl groups excluding tert-OH is 1. The van der Waals surface area contributed by atoms with Crippen LogP contribution in [-0.2, 0) is 13.5 Å². The maximum absolute atomic E-state index is 11.1. The first kappa shape index (κ1) is 18.5. The van der Waals surface area contributed by atoms with Gasteiger partial charge in [-0.1, -0.05) is 12.1 Å². The summed E-state index contributed by atoms with van der Waals surface area (Å²) in [5.41, 5.74) is 4.75. The van der Waals surface area contributed by atoms with Gasteiger partial charge in [-0.2, -0.15) is 0 Å². The summed E-state index contributed by atoms with van der Waals surface area (Å²) in [6.45, 7) is 4.50. The molecule has 0 saturated carbocycles. The van der Waals surface area contributed by atoms with Crippen molar-refractivity contribution in [2.75, 3.05) is 27.7 Å². The summed E-state index contributed by atoms with van der Waals surface area (Å²) in [6.07, 6.45) is 0.121. The Morgan fingerprint density at radius 2 is 2.08 bits per heavy atom. The second-order valence-corrected chi connectivity index (χ2v) is 6.90. The quantitative estimate of drug-likeness (QED) is 0.733. The van der Waals surface area contributed by atoms with Crippen molar-refractivity contribution < 1.29 is 14.4 Å². The molecule has 2 heterocycles. The summed E-state index contributed by atoms with van der Waals surface area (Å²) < 4.78 is 13.0. The molecule has 1 unspecified atom stereocenters. The van der Waals surface area contributed by atoms with E-state index in [4.69, 9.17) is 9.26 Å². The molecule has 3 aromatic rings. The van der Waals surface area contributed by atoms with Crippen molar-refractivity contribution in [1.82, 2.24) is 14.6 Å². The second-order valence-electron chi connectivity index (χ2n) is 6.90. The number of aliphatic hydroxyl groups is 1. The third kappa shape index (κ3) is 2.99. The number of aryl methyl sites for hydroxylation is 3. The zero-order chi connectivity index (χ0) is 19.0. The van der Waals surface area contributed by atoms with Gasteiger partial charge in [0, 0.05) is 30.1 Å². The first-order valence-corrected chi connectivity index (χ1v) is 8.83. The van der Waals surface area contributed by atoms with Gasteiger partial charge in [-0.05, 0) is 45.6 Å². The predicted octanol–water partition coefficient (Wildman–Crippen LogP) is 3.31. The molecule has 0 radical (unpaired) electrons. The highest BCUT2D eigenvalue weighted by atomic mass is 16.5. The summed E-state index contributed by atoms with van der Waals surface area (Å²) in [5, 5.41) is 16.3. The number of fused-ring (bicyclic) bond motifs is 1. The van der Waals surface area contributed by atoms with Gasteiger partial charge < -0.3 is 23.8 Å². The Morgan fingerprint density at radius 3 is 2.69 bits per heavy atom. The van der Waals surface area contributed by atoms with Crippen LogP contribution in [0.25, 0.3) is 22.2 Å². The number of hydrogen-bond donors (Lipinski definition) is 1. The number of ether oxygens (including phenoxy) is 1. The van der Waals surface area contributed by atoms with Crippen LogP contribution in [0.15, 0.2) is 22.7 Å². The summed E-state index contributed by atoms with van der Waals surface area (Å²) in [6, 6.07) is 5.95. The highest BCUT2D eigenvalue weighted by Crippen LogP contribution is 2.41. The number of benzene rings is 1. The Morgan fingerprint density at radius 1 is 1.35 bits per heavy atom. The molecule has 1 N–H and O–H groups in total. The van der Waals surface area contributed by atoms with Crippen LogP contribution in [0.5, 0.6) is 5.75 Å². The van der Waals surface area contributed by atoms with Crippen LogP contribution >= 0.6 is 0 Å². The lowest BCUT2D eigenvalue weighted by molar-refractivity contribution is 0.140.